The summed E-state index contributed by atoms with van der Waals surface area (Å²) in [6.45, 7) is 4.70. The molecule has 2 heteroatoms. The summed E-state index contributed by atoms with van der Waals surface area (Å²) < 4.78 is 0. The van der Waals surface area contributed by atoms with E-state index in [-0.39, 0.29) is 0 Å². The molecule has 1 nitrogen and oxygen atoms in total. The SMILES string of the molecule is CSC(C)CCNCC1CC=CCC1. The normalized spacial score (nSPS) is 23.7. The summed E-state index contributed by atoms with van der Waals surface area (Å²) in [6.07, 6.45) is 12.1. The van der Waals surface area contributed by atoms with Gasteiger partial charge in [0.25, 0.3) is 0 Å². The molecule has 1 N–H and O–H groups in total. The van der Waals surface area contributed by atoms with Crippen molar-refractivity contribution in [2.45, 2.75) is 37.9 Å². The lowest BCUT2D eigenvalue weighted by Crippen LogP contribution is -2.25. The predicted octanol–water partition coefficient (Wildman–Crippen LogP) is 3.07. The molecule has 0 aliphatic heterocycles. The van der Waals surface area contributed by atoms with Crippen molar-refractivity contribution in [3.63, 3.8) is 0 Å². The molecule has 0 aromatic rings. The van der Waals surface area contributed by atoms with Gasteiger partial charge in [-0.3, -0.25) is 0 Å². The topological polar surface area (TPSA) is 12.0 Å². The maximum Gasteiger partial charge on any atom is 0.00280 e. The van der Waals surface area contributed by atoms with Crippen molar-refractivity contribution in [3.8, 4) is 0 Å². The zero-order valence-electron chi connectivity index (χ0n) is 9.46. The fourth-order valence-electron chi connectivity index (χ4n) is 1.77. The first kappa shape index (κ1) is 12.1. The van der Waals surface area contributed by atoms with Crippen LogP contribution >= 0.6 is 11.8 Å². The molecule has 0 saturated heterocycles. The summed E-state index contributed by atoms with van der Waals surface area (Å²) >= 11 is 1.96. The average Bonchev–Trinajstić information content (AvgIpc) is 2.25. The second-order valence-electron chi connectivity index (χ2n) is 4.19. The van der Waals surface area contributed by atoms with Crippen LogP contribution in [0, 0.1) is 5.92 Å². The highest BCUT2D eigenvalue weighted by atomic mass is 32.2. The van der Waals surface area contributed by atoms with E-state index in [9.17, 15) is 0 Å². The molecule has 14 heavy (non-hydrogen) atoms. The van der Waals surface area contributed by atoms with E-state index in [0.717, 1.165) is 11.2 Å². The van der Waals surface area contributed by atoms with Gasteiger partial charge in [0.05, 0.1) is 0 Å². The van der Waals surface area contributed by atoms with Crippen molar-refractivity contribution in [2.75, 3.05) is 19.3 Å². The van der Waals surface area contributed by atoms with Crippen molar-refractivity contribution in [2.24, 2.45) is 5.92 Å². The molecule has 1 rings (SSSR count). The Morgan fingerprint density at radius 1 is 1.50 bits per heavy atom. The van der Waals surface area contributed by atoms with Gasteiger partial charge in [-0.15, -0.1) is 0 Å². The van der Waals surface area contributed by atoms with E-state index < -0.39 is 0 Å². The molecule has 1 aliphatic rings. The number of nitrogens with one attached hydrogen (secondary N) is 1. The molecule has 0 spiro atoms. The summed E-state index contributed by atoms with van der Waals surface area (Å²) in [5, 5.41) is 4.37. The van der Waals surface area contributed by atoms with E-state index in [1.54, 1.807) is 0 Å². The third-order valence-electron chi connectivity index (χ3n) is 2.94. The monoisotopic (exact) mass is 213 g/mol. The fourth-order valence-corrected chi connectivity index (χ4v) is 2.12. The zero-order valence-corrected chi connectivity index (χ0v) is 10.3. The molecular formula is C12H23NS. The molecular weight excluding hydrogens is 190 g/mol. The Hall–Kier alpha value is 0.0500. The third kappa shape index (κ3) is 5.06. The van der Waals surface area contributed by atoms with Gasteiger partial charge in [0.2, 0.25) is 0 Å². The van der Waals surface area contributed by atoms with E-state index in [0.29, 0.717) is 0 Å². The standard InChI is InChI=1S/C12H23NS/c1-11(14-2)8-9-13-10-12-6-4-3-5-7-12/h3-4,11-13H,5-10H2,1-2H3. The lowest BCUT2D eigenvalue weighted by Gasteiger charge is -2.18. The van der Waals surface area contributed by atoms with Crippen LogP contribution in [0.15, 0.2) is 12.2 Å². The predicted molar refractivity (Wildman–Crippen MR) is 66.9 cm³/mol. The van der Waals surface area contributed by atoms with Gasteiger partial charge < -0.3 is 5.32 Å². The first-order valence-corrected chi connectivity index (χ1v) is 7.00. The second-order valence-corrected chi connectivity index (χ2v) is 5.47. The number of allylic oxidation sites excluding steroid dienone is 2. The van der Waals surface area contributed by atoms with Crippen LogP contribution in [0.2, 0.25) is 0 Å². The molecule has 0 bridgehead atoms. The van der Waals surface area contributed by atoms with E-state index in [4.69, 9.17) is 0 Å². The van der Waals surface area contributed by atoms with Crippen LogP contribution in [0.1, 0.15) is 32.6 Å². The summed E-state index contributed by atoms with van der Waals surface area (Å²) in [4.78, 5) is 0. The maximum absolute atomic E-state index is 3.57. The molecule has 0 fully saturated rings. The van der Waals surface area contributed by atoms with Crippen molar-refractivity contribution in [1.29, 1.82) is 0 Å². The first-order chi connectivity index (χ1) is 6.83. The van der Waals surface area contributed by atoms with Crippen molar-refractivity contribution < 1.29 is 0 Å². The van der Waals surface area contributed by atoms with Crippen molar-refractivity contribution >= 4 is 11.8 Å². The van der Waals surface area contributed by atoms with Gasteiger partial charge in [0.1, 0.15) is 0 Å². The van der Waals surface area contributed by atoms with Crippen LogP contribution in [-0.4, -0.2) is 24.6 Å². The highest BCUT2D eigenvalue weighted by Gasteiger charge is 2.08. The van der Waals surface area contributed by atoms with Crippen LogP contribution in [0.25, 0.3) is 0 Å². The molecule has 1 aliphatic carbocycles. The third-order valence-corrected chi connectivity index (χ3v) is 3.98. The highest BCUT2D eigenvalue weighted by Crippen LogP contribution is 2.17. The molecule has 2 unspecified atom stereocenters. The van der Waals surface area contributed by atoms with E-state index in [2.05, 4.69) is 30.6 Å². The van der Waals surface area contributed by atoms with Gasteiger partial charge in [-0.1, -0.05) is 19.1 Å². The number of hydrogen-bond donors (Lipinski definition) is 1. The van der Waals surface area contributed by atoms with Crippen LogP contribution in [0.3, 0.4) is 0 Å². The fraction of sp³-hybridized carbons (Fsp3) is 0.833. The summed E-state index contributed by atoms with van der Waals surface area (Å²) in [5.74, 6) is 0.893. The van der Waals surface area contributed by atoms with Crippen LogP contribution < -0.4 is 5.32 Å². The van der Waals surface area contributed by atoms with Crippen LogP contribution in [0.5, 0.6) is 0 Å². The van der Waals surface area contributed by atoms with E-state index in [1.807, 2.05) is 11.8 Å². The Morgan fingerprint density at radius 2 is 2.36 bits per heavy atom. The van der Waals surface area contributed by atoms with Gasteiger partial charge in [-0.2, -0.15) is 11.8 Å². The smallest absolute Gasteiger partial charge is 0.00280 e. The van der Waals surface area contributed by atoms with Gasteiger partial charge in [0.15, 0.2) is 0 Å². The zero-order chi connectivity index (χ0) is 10.2. The molecule has 0 heterocycles. The Labute approximate surface area is 92.7 Å². The van der Waals surface area contributed by atoms with E-state index >= 15 is 0 Å². The number of hydrogen-bond acceptors (Lipinski definition) is 2. The van der Waals surface area contributed by atoms with Crippen LogP contribution in [0.4, 0.5) is 0 Å². The molecule has 0 aromatic heterocycles. The minimum absolute atomic E-state index is 0.800. The molecule has 2 atom stereocenters. The first-order valence-electron chi connectivity index (χ1n) is 5.71. The Bertz CT molecular complexity index is 168. The quantitative estimate of drug-likeness (QED) is 0.537. The number of thioether (sulfide) groups is 1. The Balaban J connectivity index is 1.95. The molecule has 0 amide bonds. The molecule has 82 valence electrons. The van der Waals surface area contributed by atoms with Crippen molar-refractivity contribution in [1.82, 2.24) is 5.32 Å². The Kier molecular flexibility index (Phi) is 6.37. The Morgan fingerprint density at radius 3 is 3.00 bits per heavy atom. The van der Waals surface area contributed by atoms with Gasteiger partial charge in [-0.05, 0) is 50.9 Å². The minimum atomic E-state index is 0.800. The second kappa shape index (κ2) is 7.36. The summed E-state index contributed by atoms with van der Waals surface area (Å²) in [5.41, 5.74) is 0. The van der Waals surface area contributed by atoms with Crippen LogP contribution in [-0.2, 0) is 0 Å². The molecule has 0 radical (unpaired) electrons. The largest absolute Gasteiger partial charge is 0.316 e. The summed E-state index contributed by atoms with van der Waals surface area (Å²) in [6, 6.07) is 0. The highest BCUT2D eigenvalue weighted by molar-refractivity contribution is 7.99. The minimum Gasteiger partial charge on any atom is -0.316 e. The average molecular weight is 213 g/mol. The van der Waals surface area contributed by atoms with Gasteiger partial charge in [0, 0.05) is 5.25 Å². The molecule has 0 aromatic carbocycles. The van der Waals surface area contributed by atoms with E-state index in [1.165, 1.54) is 38.8 Å². The van der Waals surface area contributed by atoms with Gasteiger partial charge >= 0.3 is 0 Å². The maximum atomic E-state index is 3.57. The number of rotatable bonds is 6. The van der Waals surface area contributed by atoms with Gasteiger partial charge in [-0.25, -0.2) is 0 Å². The summed E-state index contributed by atoms with van der Waals surface area (Å²) in [7, 11) is 0. The molecule has 0 saturated carbocycles. The lowest BCUT2D eigenvalue weighted by atomic mass is 9.94. The lowest BCUT2D eigenvalue weighted by molar-refractivity contribution is 0.439. The van der Waals surface area contributed by atoms with Crippen molar-refractivity contribution in [3.05, 3.63) is 12.2 Å².